The van der Waals surface area contributed by atoms with E-state index < -0.39 is 0 Å². The van der Waals surface area contributed by atoms with Gasteiger partial charge in [0, 0.05) is 19.3 Å². The highest BCUT2D eigenvalue weighted by Gasteiger charge is 1.98. The number of carbonyl (C=O) groups is 1. The van der Waals surface area contributed by atoms with E-state index in [1.54, 1.807) is 11.8 Å². The molecule has 0 radical (unpaired) electrons. The van der Waals surface area contributed by atoms with Gasteiger partial charge in [-0.15, -0.1) is 12.3 Å². The van der Waals surface area contributed by atoms with Gasteiger partial charge in [0.15, 0.2) is 0 Å². The predicted molar refractivity (Wildman–Crippen MR) is 46.1 cm³/mol. The van der Waals surface area contributed by atoms with Crippen LogP contribution in [-0.2, 0) is 4.79 Å². The summed E-state index contributed by atoms with van der Waals surface area (Å²) in [6, 6.07) is 0. The minimum Gasteiger partial charge on any atom is -0.300 e. The Kier molecular flexibility index (Phi) is 6.42. The van der Waals surface area contributed by atoms with Crippen LogP contribution < -0.4 is 0 Å². The third-order valence-corrected chi connectivity index (χ3v) is 1.75. The Morgan fingerprint density at radius 2 is 2.30 bits per heavy atom. The van der Waals surface area contributed by atoms with Crippen LogP contribution in [0.15, 0.2) is 0 Å². The van der Waals surface area contributed by atoms with E-state index in [-0.39, 0.29) is 5.78 Å². The molecule has 0 atom stereocenters. The van der Waals surface area contributed by atoms with Gasteiger partial charge in [0.1, 0.15) is 5.78 Å². The van der Waals surface area contributed by atoms with Gasteiger partial charge >= 0.3 is 0 Å². The number of ketones is 1. The van der Waals surface area contributed by atoms with Crippen molar-refractivity contribution in [1.82, 2.24) is 0 Å². The van der Waals surface area contributed by atoms with E-state index >= 15 is 0 Å². The van der Waals surface area contributed by atoms with Crippen LogP contribution in [0.5, 0.6) is 0 Å². The molecule has 0 bridgehead atoms. The minimum atomic E-state index is 0.285. The Balaban J connectivity index is 3.19. The summed E-state index contributed by atoms with van der Waals surface area (Å²) in [6.45, 7) is 0. The molecule has 0 saturated heterocycles. The van der Waals surface area contributed by atoms with Gasteiger partial charge in [0.25, 0.3) is 0 Å². The number of thioether (sulfide) groups is 1. The maximum atomic E-state index is 10.9. The molecule has 0 aromatic carbocycles. The molecular formula is C8H12OS. The molecule has 0 heterocycles. The standard InChI is InChI=1S/C8H12OS/c1-3-4-5-8(9)6-7-10-2/h1H,4-7H2,2H3. The fourth-order valence-corrected chi connectivity index (χ4v) is 0.984. The van der Waals surface area contributed by atoms with Crippen molar-refractivity contribution < 1.29 is 4.79 Å². The van der Waals surface area contributed by atoms with Crippen LogP contribution in [0.2, 0.25) is 0 Å². The SMILES string of the molecule is C#CCCC(=O)CCSC. The summed E-state index contributed by atoms with van der Waals surface area (Å²) in [5.74, 6) is 3.65. The Bertz CT molecular complexity index is 135. The van der Waals surface area contributed by atoms with Crippen LogP contribution in [0.1, 0.15) is 19.3 Å². The molecular weight excluding hydrogens is 144 g/mol. The molecule has 0 aromatic heterocycles. The van der Waals surface area contributed by atoms with Gasteiger partial charge in [0.2, 0.25) is 0 Å². The molecule has 0 aliphatic carbocycles. The quantitative estimate of drug-likeness (QED) is 0.564. The Hall–Kier alpha value is -0.420. The second-order valence-electron chi connectivity index (χ2n) is 1.99. The average Bonchev–Trinajstić information content (AvgIpc) is 1.97. The van der Waals surface area contributed by atoms with Crippen molar-refractivity contribution in [3.63, 3.8) is 0 Å². The highest BCUT2D eigenvalue weighted by Crippen LogP contribution is 2.00. The summed E-state index contributed by atoms with van der Waals surface area (Å²) in [5, 5.41) is 0. The monoisotopic (exact) mass is 156 g/mol. The zero-order valence-electron chi connectivity index (χ0n) is 6.22. The highest BCUT2D eigenvalue weighted by atomic mass is 32.2. The summed E-state index contributed by atoms with van der Waals surface area (Å²) >= 11 is 1.69. The number of hydrogen-bond donors (Lipinski definition) is 0. The summed E-state index contributed by atoms with van der Waals surface area (Å²) in [4.78, 5) is 10.9. The number of carbonyl (C=O) groups excluding carboxylic acids is 1. The number of hydrogen-bond acceptors (Lipinski definition) is 2. The van der Waals surface area contributed by atoms with Crippen LogP contribution >= 0.6 is 11.8 Å². The number of Topliss-reactive ketones (excluding diaryl/α,β-unsaturated/α-hetero) is 1. The first-order valence-electron chi connectivity index (χ1n) is 3.25. The lowest BCUT2D eigenvalue weighted by Crippen LogP contribution is -1.97. The van der Waals surface area contributed by atoms with Crippen LogP contribution in [0.3, 0.4) is 0 Å². The van der Waals surface area contributed by atoms with Crippen LogP contribution in [0, 0.1) is 12.3 Å². The first-order chi connectivity index (χ1) is 4.81. The summed E-state index contributed by atoms with van der Waals surface area (Å²) < 4.78 is 0. The van der Waals surface area contributed by atoms with Gasteiger partial charge in [0.05, 0.1) is 0 Å². The van der Waals surface area contributed by atoms with Gasteiger partial charge in [-0.2, -0.15) is 11.8 Å². The lowest BCUT2D eigenvalue weighted by molar-refractivity contribution is -0.118. The molecule has 56 valence electrons. The maximum absolute atomic E-state index is 10.9. The summed E-state index contributed by atoms with van der Waals surface area (Å²) in [6.07, 6.45) is 8.81. The van der Waals surface area contributed by atoms with Crippen molar-refractivity contribution in [2.45, 2.75) is 19.3 Å². The first-order valence-corrected chi connectivity index (χ1v) is 4.64. The van der Waals surface area contributed by atoms with Crippen molar-refractivity contribution >= 4 is 17.5 Å². The molecule has 0 fully saturated rings. The lowest BCUT2D eigenvalue weighted by atomic mass is 10.2. The summed E-state index contributed by atoms with van der Waals surface area (Å²) in [5.41, 5.74) is 0. The molecule has 0 N–H and O–H groups in total. The van der Waals surface area contributed by atoms with Crippen LogP contribution in [-0.4, -0.2) is 17.8 Å². The van der Waals surface area contributed by atoms with Gasteiger partial charge < -0.3 is 0 Å². The molecule has 2 heteroatoms. The normalized spacial score (nSPS) is 8.80. The van der Waals surface area contributed by atoms with Crippen molar-refractivity contribution in [2.75, 3.05) is 12.0 Å². The van der Waals surface area contributed by atoms with E-state index in [0.29, 0.717) is 19.3 Å². The molecule has 10 heavy (non-hydrogen) atoms. The topological polar surface area (TPSA) is 17.1 Å². The van der Waals surface area contributed by atoms with Crippen molar-refractivity contribution in [3.8, 4) is 12.3 Å². The third kappa shape index (κ3) is 5.71. The van der Waals surface area contributed by atoms with Crippen molar-refractivity contribution in [1.29, 1.82) is 0 Å². The third-order valence-electron chi connectivity index (χ3n) is 1.13. The molecule has 0 aliphatic rings. The second-order valence-corrected chi connectivity index (χ2v) is 2.97. The largest absolute Gasteiger partial charge is 0.300 e. The highest BCUT2D eigenvalue weighted by molar-refractivity contribution is 7.98. The van der Waals surface area contributed by atoms with Gasteiger partial charge in [-0.05, 0) is 12.0 Å². The van der Waals surface area contributed by atoms with Crippen LogP contribution in [0.4, 0.5) is 0 Å². The summed E-state index contributed by atoms with van der Waals surface area (Å²) in [7, 11) is 0. The molecule has 0 unspecified atom stereocenters. The zero-order chi connectivity index (χ0) is 7.82. The zero-order valence-corrected chi connectivity index (χ0v) is 7.04. The molecule has 0 amide bonds. The number of rotatable bonds is 5. The molecule has 0 spiro atoms. The van der Waals surface area contributed by atoms with E-state index in [1.165, 1.54) is 0 Å². The van der Waals surface area contributed by atoms with Crippen LogP contribution in [0.25, 0.3) is 0 Å². The van der Waals surface area contributed by atoms with Gasteiger partial charge in [-0.25, -0.2) is 0 Å². The smallest absolute Gasteiger partial charge is 0.134 e. The van der Waals surface area contributed by atoms with E-state index in [4.69, 9.17) is 6.42 Å². The molecule has 0 saturated carbocycles. The number of terminal acetylenes is 1. The average molecular weight is 156 g/mol. The molecule has 1 nitrogen and oxygen atoms in total. The second kappa shape index (κ2) is 6.70. The lowest BCUT2D eigenvalue weighted by Gasteiger charge is -1.93. The van der Waals surface area contributed by atoms with E-state index in [0.717, 1.165) is 5.75 Å². The Morgan fingerprint density at radius 1 is 1.60 bits per heavy atom. The first kappa shape index (κ1) is 9.58. The Morgan fingerprint density at radius 3 is 2.80 bits per heavy atom. The van der Waals surface area contributed by atoms with Crippen molar-refractivity contribution in [3.05, 3.63) is 0 Å². The fourth-order valence-electron chi connectivity index (χ4n) is 0.552. The van der Waals surface area contributed by atoms with Gasteiger partial charge in [-0.3, -0.25) is 4.79 Å². The fraction of sp³-hybridized carbons (Fsp3) is 0.625. The van der Waals surface area contributed by atoms with E-state index in [9.17, 15) is 4.79 Å². The van der Waals surface area contributed by atoms with E-state index in [1.807, 2.05) is 6.26 Å². The Labute approximate surface area is 66.6 Å². The molecule has 0 rings (SSSR count). The van der Waals surface area contributed by atoms with E-state index in [2.05, 4.69) is 5.92 Å². The minimum absolute atomic E-state index is 0.285. The maximum Gasteiger partial charge on any atom is 0.134 e. The predicted octanol–water partition coefficient (Wildman–Crippen LogP) is 1.72. The molecule has 0 aliphatic heterocycles. The van der Waals surface area contributed by atoms with Crippen molar-refractivity contribution in [2.24, 2.45) is 0 Å². The molecule has 0 aromatic rings. The van der Waals surface area contributed by atoms with Gasteiger partial charge in [-0.1, -0.05) is 0 Å².